The molecule has 1 rings (SSSR count). The van der Waals surface area contributed by atoms with Gasteiger partial charge in [0.2, 0.25) is 0 Å². The fourth-order valence-corrected chi connectivity index (χ4v) is 2.29. The van der Waals surface area contributed by atoms with Gasteiger partial charge in [-0.2, -0.15) is 8.42 Å². The molecular weight excluding hydrogens is 284 g/mol. The fraction of sp³-hybridized carbons (Fsp3) is 0.500. The first-order valence-corrected chi connectivity index (χ1v) is 7.25. The minimum Gasteiger partial charge on any atom is -1.00 e. The molecule has 0 saturated heterocycles. The molecule has 0 unspecified atom stereocenters. The van der Waals surface area contributed by atoms with E-state index in [1.807, 2.05) is 13.8 Å². The van der Waals surface area contributed by atoms with Crippen LogP contribution in [0.1, 0.15) is 26.8 Å². The maximum Gasteiger partial charge on any atom is 1.00 e. The molecule has 0 aliphatic heterocycles. The van der Waals surface area contributed by atoms with Gasteiger partial charge in [0.1, 0.15) is 0 Å². The Morgan fingerprint density at radius 3 is 2.11 bits per heavy atom. The molecular formula is C12H21NNa2O3S. The van der Waals surface area contributed by atoms with E-state index in [-0.39, 0.29) is 67.7 Å². The largest absolute Gasteiger partial charge is 1.00 e. The third-order valence-electron chi connectivity index (χ3n) is 2.38. The van der Waals surface area contributed by atoms with Crippen molar-refractivity contribution >= 4 is 15.8 Å². The molecule has 0 radical (unpaired) electrons. The summed E-state index contributed by atoms with van der Waals surface area (Å²) in [7, 11) is -3.81. The van der Waals surface area contributed by atoms with Crippen molar-refractivity contribution in [2.45, 2.75) is 26.7 Å². The normalized spacial score (nSPS) is 10.3. The van der Waals surface area contributed by atoms with Crippen molar-refractivity contribution in [1.29, 1.82) is 0 Å². The number of anilines is 1. The smallest absolute Gasteiger partial charge is 1.00 e. The summed E-state index contributed by atoms with van der Waals surface area (Å²) in [5.41, 5.74) is 3.45. The van der Waals surface area contributed by atoms with Crippen molar-refractivity contribution in [3.8, 4) is 0 Å². The second-order valence-electron chi connectivity index (χ2n) is 4.30. The molecule has 2 N–H and O–H groups in total. The van der Waals surface area contributed by atoms with E-state index in [1.165, 1.54) is 11.1 Å². The Bertz CT molecular complexity index is 467. The summed E-state index contributed by atoms with van der Waals surface area (Å²) in [6.45, 7) is 4.78. The fourth-order valence-electron chi connectivity index (χ4n) is 1.72. The summed E-state index contributed by atoms with van der Waals surface area (Å²) in [5, 5.41) is 3.24. The summed E-state index contributed by atoms with van der Waals surface area (Å²) in [6.07, 6.45) is 1.18. The molecule has 1 aromatic rings. The summed E-state index contributed by atoms with van der Waals surface area (Å²) in [4.78, 5) is 0. The van der Waals surface area contributed by atoms with Gasteiger partial charge >= 0.3 is 59.1 Å². The van der Waals surface area contributed by atoms with E-state index in [4.69, 9.17) is 4.55 Å². The first-order valence-electron chi connectivity index (χ1n) is 5.64. The molecule has 0 aliphatic rings. The Hall–Kier alpha value is 0.930. The van der Waals surface area contributed by atoms with Crippen LogP contribution in [0.5, 0.6) is 0 Å². The van der Waals surface area contributed by atoms with Crippen LogP contribution in [0, 0.1) is 13.8 Å². The van der Waals surface area contributed by atoms with Gasteiger partial charge in [0.25, 0.3) is 10.1 Å². The third-order valence-corrected chi connectivity index (χ3v) is 3.18. The van der Waals surface area contributed by atoms with Gasteiger partial charge in [-0.25, -0.2) is 0 Å². The van der Waals surface area contributed by atoms with Gasteiger partial charge in [0.15, 0.2) is 0 Å². The Morgan fingerprint density at radius 1 is 1.11 bits per heavy atom. The number of benzene rings is 1. The number of hydrogen-bond donors (Lipinski definition) is 2. The molecule has 0 amide bonds. The van der Waals surface area contributed by atoms with Crippen LogP contribution in [0.2, 0.25) is 0 Å². The van der Waals surface area contributed by atoms with Crippen molar-refractivity contribution < 1.29 is 74.9 Å². The Kier molecular flexibility index (Phi) is 12.4. The molecule has 7 heteroatoms. The van der Waals surface area contributed by atoms with Crippen LogP contribution in [-0.4, -0.2) is 25.3 Å². The minimum atomic E-state index is -3.81. The summed E-state index contributed by atoms with van der Waals surface area (Å²) < 4.78 is 29.5. The SMILES string of the molecule is Cc1cc(C)cc(NCCCCS(=O)(=O)O)c1.[H-].[H-].[Na+].[Na+]. The van der Waals surface area contributed by atoms with Crippen molar-refractivity contribution in [1.82, 2.24) is 0 Å². The molecule has 0 aliphatic carbocycles. The third kappa shape index (κ3) is 11.3. The minimum absolute atomic E-state index is 0. The average Bonchev–Trinajstić information content (AvgIpc) is 2.13. The van der Waals surface area contributed by atoms with Crippen LogP contribution >= 0.6 is 0 Å². The molecule has 0 saturated carbocycles. The quantitative estimate of drug-likeness (QED) is 0.327. The maximum atomic E-state index is 10.5. The zero-order valence-electron chi connectivity index (χ0n) is 14.2. The molecule has 0 heterocycles. The second-order valence-corrected chi connectivity index (χ2v) is 5.87. The zero-order chi connectivity index (χ0) is 12.9. The van der Waals surface area contributed by atoms with E-state index in [1.54, 1.807) is 0 Å². The van der Waals surface area contributed by atoms with E-state index >= 15 is 0 Å². The monoisotopic (exact) mass is 305 g/mol. The summed E-state index contributed by atoms with van der Waals surface area (Å²) in [5.74, 6) is -0.165. The number of aryl methyl sites for hydroxylation is 2. The van der Waals surface area contributed by atoms with Crippen molar-refractivity contribution in [2.75, 3.05) is 17.6 Å². The van der Waals surface area contributed by atoms with Gasteiger partial charge in [-0.05, 0) is 49.9 Å². The van der Waals surface area contributed by atoms with Gasteiger partial charge in [-0.3, -0.25) is 4.55 Å². The van der Waals surface area contributed by atoms with Crippen LogP contribution in [-0.2, 0) is 10.1 Å². The standard InChI is InChI=1S/C12H19NO3S.2Na.2H/c1-10-7-11(2)9-12(8-10)13-5-3-4-6-17(14,15)16;;;;/h7-9,13H,3-6H2,1-2H3,(H,14,15,16);;;;/q;2*+1;2*-1. The molecule has 0 fully saturated rings. The Labute approximate surface area is 163 Å². The molecule has 4 nitrogen and oxygen atoms in total. The molecule has 0 atom stereocenters. The van der Waals surface area contributed by atoms with Crippen LogP contribution in [0.15, 0.2) is 18.2 Å². The second kappa shape index (κ2) is 10.6. The van der Waals surface area contributed by atoms with Gasteiger partial charge in [-0.1, -0.05) is 6.07 Å². The van der Waals surface area contributed by atoms with Crippen molar-refractivity contribution in [2.24, 2.45) is 0 Å². The van der Waals surface area contributed by atoms with Gasteiger partial charge in [0.05, 0.1) is 5.75 Å². The van der Waals surface area contributed by atoms with Gasteiger partial charge in [-0.15, -0.1) is 0 Å². The van der Waals surface area contributed by atoms with Gasteiger partial charge < -0.3 is 8.17 Å². The van der Waals surface area contributed by atoms with Crippen LogP contribution in [0.3, 0.4) is 0 Å². The van der Waals surface area contributed by atoms with E-state index in [0.29, 0.717) is 19.4 Å². The molecule has 100 valence electrons. The first kappa shape index (κ1) is 22.2. The maximum absolute atomic E-state index is 10.5. The number of hydrogen-bond acceptors (Lipinski definition) is 3. The Morgan fingerprint density at radius 2 is 1.63 bits per heavy atom. The predicted octanol–water partition coefficient (Wildman–Crippen LogP) is -3.38. The predicted molar refractivity (Wildman–Crippen MR) is 72.3 cm³/mol. The average molecular weight is 305 g/mol. The number of unbranched alkanes of at least 4 members (excludes halogenated alkanes) is 1. The van der Waals surface area contributed by atoms with E-state index in [9.17, 15) is 8.42 Å². The summed E-state index contributed by atoms with van der Waals surface area (Å²) >= 11 is 0. The topological polar surface area (TPSA) is 66.4 Å². The molecule has 0 aromatic heterocycles. The van der Waals surface area contributed by atoms with E-state index < -0.39 is 10.1 Å². The van der Waals surface area contributed by atoms with E-state index in [2.05, 4.69) is 23.5 Å². The van der Waals surface area contributed by atoms with Crippen LogP contribution in [0.25, 0.3) is 0 Å². The van der Waals surface area contributed by atoms with Gasteiger partial charge in [0, 0.05) is 12.2 Å². The van der Waals surface area contributed by atoms with E-state index in [0.717, 1.165) is 5.69 Å². The molecule has 1 aromatic carbocycles. The molecule has 19 heavy (non-hydrogen) atoms. The van der Waals surface area contributed by atoms with Crippen molar-refractivity contribution in [3.05, 3.63) is 29.3 Å². The summed E-state index contributed by atoms with van der Waals surface area (Å²) in [6, 6.07) is 6.20. The number of rotatable bonds is 6. The molecule has 0 spiro atoms. The van der Waals surface area contributed by atoms with Crippen LogP contribution in [0.4, 0.5) is 5.69 Å². The zero-order valence-corrected chi connectivity index (χ0v) is 17.0. The Balaban J connectivity index is -0.000000361. The van der Waals surface area contributed by atoms with Crippen molar-refractivity contribution in [3.63, 3.8) is 0 Å². The van der Waals surface area contributed by atoms with Crippen LogP contribution < -0.4 is 64.4 Å². The molecule has 0 bridgehead atoms. The number of nitrogens with one attached hydrogen (secondary N) is 1. The first-order chi connectivity index (χ1) is 7.87.